The van der Waals surface area contributed by atoms with Gasteiger partial charge < -0.3 is 20.3 Å². The number of hydrazine groups is 1. The van der Waals surface area contributed by atoms with Gasteiger partial charge in [-0.2, -0.15) is 8.78 Å². The second-order valence-corrected chi connectivity index (χ2v) is 8.91. The molecule has 2 aliphatic heterocycles. The third-order valence-electron chi connectivity index (χ3n) is 5.56. The van der Waals surface area contributed by atoms with Crippen molar-refractivity contribution < 1.29 is 32.3 Å². The minimum absolute atomic E-state index is 0.0279. The maximum atomic E-state index is 15.0. The Morgan fingerprint density at radius 3 is 2.81 bits per heavy atom. The first-order valence-corrected chi connectivity index (χ1v) is 12.0. The highest BCUT2D eigenvalue weighted by Gasteiger charge is 2.33. The second-order valence-electron chi connectivity index (χ2n) is 7.93. The molecular formula is C21H24F3N7O4S. The summed E-state index contributed by atoms with van der Waals surface area (Å²) < 4.78 is 44.8. The molecule has 2 aliphatic rings. The first kappa shape index (κ1) is 25.5. The van der Waals surface area contributed by atoms with Crippen LogP contribution in [0.15, 0.2) is 29.8 Å². The smallest absolute Gasteiger partial charge is 0.414 e. The third kappa shape index (κ3) is 6.15. The van der Waals surface area contributed by atoms with E-state index in [0.29, 0.717) is 38.4 Å². The van der Waals surface area contributed by atoms with Crippen molar-refractivity contribution in [2.75, 3.05) is 49.1 Å². The standard InChI is InChI=1S/C21H24F3N7O4S/c22-15-9-13(30-12-14(35-21(30)34)10-26-19(32)18(23)24)1-2-16(15)29-5-3-28-31(7-6-29)20(33)27-11-17-25-4-8-36-17/h1-2,4,8-9,14,18,28H,3,5-7,10-12H2,(H,26,32)(H,27,33). The van der Waals surface area contributed by atoms with Gasteiger partial charge in [-0.3, -0.25) is 14.7 Å². The summed E-state index contributed by atoms with van der Waals surface area (Å²) >= 11 is 1.44. The lowest BCUT2D eigenvalue weighted by atomic mass is 10.2. The topological polar surface area (TPSA) is 119 Å². The predicted molar refractivity (Wildman–Crippen MR) is 124 cm³/mol. The Morgan fingerprint density at radius 1 is 1.25 bits per heavy atom. The normalized spacial score (nSPS) is 18.3. The number of rotatable bonds is 7. The summed E-state index contributed by atoms with van der Waals surface area (Å²) in [6, 6.07) is 3.96. The molecule has 4 rings (SSSR count). The number of benzene rings is 1. The molecular weight excluding hydrogens is 503 g/mol. The molecule has 0 saturated carbocycles. The Kier molecular flexibility index (Phi) is 8.10. The van der Waals surface area contributed by atoms with Gasteiger partial charge in [-0.15, -0.1) is 11.3 Å². The van der Waals surface area contributed by atoms with Gasteiger partial charge in [-0.1, -0.05) is 0 Å². The van der Waals surface area contributed by atoms with E-state index in [-0.39, 0.29) is 24.8 Å². The Labute approximate surface area is 208 Å². The van der Waals surface area contributed by atoms with Gasteiger partial charge in [0.1, 0.15) is 16.9 Å². The molecule has 3 heterocycles. The zero-order valence-corrected chi connectivity index (χ0v) is 19.8. The number of carbonyl (C=O) groups is 3. The lowest BCUT2D eigenvalue weighted by Crippen LogP contribution is -2.48. The summed E-state index contributed by atoms with van der Waals surface area (Å²) in [7, 11) is 0. The molecule has 11 nitrogen and oxygen atoms in total. The molecule has 194 valence electrons. The number of carbonyl (C=O) groups excluding carboxylic acids is 3. The van der Waals surface area contributed by atoms with Gasteiger partial charge >= 0.3 is 18.5 Å². The number of halogens is 3. The van der Waals surface area contributed by atoms with E-state index in [1.54, 1.807) is 17.2 Å². The number of nitrogens with one attached hydrogen (secondary N) is 3. The number of hydrogen-bond donors (Lipinski definition) is 3. The first-order chi connectivity index (χ1) is 17.3. The minimum Gasteiger partial charge on any atom is -0.442 e. The zero-order chi connectivity index (χ0) is 25.7. The van der Waals surface area contributed by atoms with Crippen LogP contribution in [0.25, 0.3) is 0 Å². The highest BCUT2D eigenvalue weighted by molar-refractivity contribution is 7.09. The van der Waals surface area contributed by atoms with Gasteiger partial charge in [0.2, 0.25) is 0 Å². The van der Waals surface area contributed by atoms with Crippen molar-refractivity contribution in [1.29, 1.82) is 0 Å². The summed E-state index contributed by atoms with van der Waals surface area (Å²) in [4.78, 5) is 42.7. The molecule has 2 saturated heterocycles. The van der Waals surface area contributed by atoms with Crippen molar-refractivity contribution in [2.24, 2.45) is 0 Å². The summed E-state index contributed by atoms with van der Waals surface area (Å²) in [5.74, 6) is -2.03. The molecule has 2 fully saturated rings. The van der Waals surface area contributed by atoms with E-state index in [2.05, 4.69) is 15.7 Å². The lowest BCUT2D eigenvalue weighted by Gasteiger charge is -2.24. The van der Waals surface area contributed by atoms with Crippen LogP contribution in [0, 0.1) is 5.82 Å². The molecule has 36 heavy (non-hydrogen) atoms. The van der Waals surface area contributed by atoms with E-state index in [0.717, 1.165) is 5.01 Å². The number of nitrogens with zero attached hydrogens (tertiary/aromatic N) is 4. The average Bonchev–Trinajstić information content (AvgIpc) is 3.44. The van der Waals surface area contributed by atoms with Gasteiger partial charge in [0.15, 0.2) is 0 Å². The Hall–Kier alpha value is -3.59. The summed E-state index contributed by atoms with van der Waals surface area (Å²) in [5, 5.41) is 8.83. The predicted octanol–water partition coefficient (Wildman–Crippen LogP) is 1.53. The fourth-order valence-corrected chi connectivity index (χ4v) is 4.34. The molecule has 4 amide bonds. The van der Waals surface area contributed by atoms with Gasteiger partial charge in [0.05, 0.1) is 37.6 Å². The molecule has 1 aromatic heterocycles. The van der Waals surface area contributed by atoms with Crippen LogP contribution >= 0.6 is 11.3 Å². The van der Waals surface area contributed by atoms with Crippen LogP contribution < -0.4 is 25.9 Å². The molecule has 2 aromatic rings. The average molecular weight is 528 g/mol. The molecule has 0 radical (unpaired) electrons. The molecule has 1 atom stereocenters. The van der Waals surface area contributed by atoms with Gasteiger partial charge in [-0.05, 0) is 18.2 Å². The van der Waals surface area contributed by atoms with Crippen LogP contribution in [-0.2, 0) is 16.1 Å². The SMILES string of the molecule is O=C(NCC1CN(c2ccc(N3CCNN(C(=O)NCc4nccs4)CC3)c(F)c2)C(=O)O1)C(F)F. The number of hydrogen-bond acceptors (Lipinski definition) is 8. The molecule has 1 aromatic carbocycles. The number of thiazole rings is 1. The molecule has 0 bridgehead atoms. The number of ether oxygens (including phenoxy) is 1. The van der Waals surface area contributed by atoms with E-state index in [4.69, 9.17) is 4.74 Å². The Bertz CT molecular complexity index is 1090. The Balaban J connectivity index is 1.32. The van der Waals surface area contributed by atoms with Gasteiger partial charge in [-0.25, -0.2) is 24.4 Å². The highest BCUT2D eigenvalue weighted by atomic mass is 32.1. The number of alkyl halides is 2. The number of aromatic nitrogens is 1. The van der Waals surface area contributed by atoms with E-state index in [1.165, 1.54) is 33.4 Å². The van der Waals surface area contributed by atoms with Crippen molar-refractivity contribution in [3.05, 3.63) is 40.6 Å². The third-order valence-corrected chi connectivity index (χ3v) is 6.34. The Morgan fingerprint density at radius 2 is 2.08 bits per heavy atom. The van der Waals surface area contributed by atoms with Crippen molar-refractivity contribution in [1.82, 2.24) is 26.1 Å². The highest BCUT2D eigenvalue weighted by Crippen LogP contribution is 2.28. The maximum absolute atomic E-state index is 15.0. The van der Waals surface area contributed by atoms with Crippen LogP contribution in [0.3, 0.4) is 0 Å². The van der Waals surface area contributed by atoms with Crippen molar-refractivity contribution in [2.45, 2.75) is 19.1 Å². The van der Waals surface area contributed by atoms with E-state index >= 15 is 4.39 Å². The first-order valence-electron chi connectivity index (χ1n) is 11.1. The fraction of sp³-hybridized carbons (Fsp3) is 0.429. The number of anilines is 2. The summed E-state index contributed by atoms with van der Waals surface area (Å²) in [6.07, 6.45) is -3.11. The molecule has 1 unspecified atom stereocenters. The van der Waals surface area contributed by atoms with Crippen molar-refractivity contribution in [3.8, 4) is 0 Å². The lowest BCUT2D eigenvalue weighted by molar-refractivity contribution is -0.132. The van der Waals surface area contributed by atoms with Crippen molar-refractivity contribution in [3.63, 3.8) is 0 Å². The monoisotopic (exact) mass is 527 g/mol. The van der Waals surface area contributed by atoms with Crippen LogP contribution in [0.1, 0.15) is 5.01 Å². The molecule has 15 heteroatoms. The second kappa shape index (κ2) is 11.4. The van der Waals surface area contributed by atoms with Gasteiger partial charge in [0.25, 0.3) is 5.91 Å². The zero-order valence-electron chi connectivity index (χ0n) is 19.0. The summed E-state index contributed by atoms with van der Waals surface area (Å²) in [5.41, 5.74) is 3.56. The maximum Gasteiger partial charge on any atom is 0.414 e. The largest absolute Gasteiger partial charge is 0.442 e. The molecule has 0 aliphatic carbocycles. The van der Waals surface area contributed by atoms with Gasteiger partial charge in [0, 0.05) is 31.2 Å². The fourth-order valence-electron chi connectivity index (χ4n) is 3.78. The van der Waals surface area contributed by atoms with Crippen LogP contribution in [0.5, 0.6) is 0 Å². The molecule has 0 spiro atoms. The quantitative estimate of drug-likeness (QED) is 0.500. The van der Waals surface area contributed by atoms with E-state index in [9.17, 15) is 23.2 Å². The number of urea groups is 1. The van der Waals surface area contributed by atoms with Crippen LogP contribution in [-0.4, -0.2) is 79.8 Å². The molecule has 3 N–H and O–H groups in total. The minimum atomic E-state index is -3.17. The summed E-state index contributed by atoms with van der Waals surface area (Å²) in [6.45, 7) is 1.51. The van der Waals surface area contributed by atoms with Crippen LogP contribution in [0.4, 0.5) is 34.1 Å². The van der Waals surface area contributed by atoms with E-state index < -0.39 is 30.3 Å². The van der Waals surface area contributed by atoms with Crippen molar-refractivity contribution >= 4 is 40.7 Å². The number of amides is 4. The van der Waals surface area contributed by atoms with Crippen LogP contribution in [0.2, 0.25) is 0 Å². The number of cyclic esters (lactones) is 1. The van der Waals surface area contributed by atoms with E-state index in [1.807, 2.05) is 10.7 Å².